The molecule has 0 spiro atoms. The van der Waals surface area contributed by atoms with E-state index in [4.69, 9.17) is 4.74 Å². The molecule has 0 heterocycles. The third kappa shape index (κ3) is 4.03. The normalized spacial score (nSPS) is 44.4. The van der Waals surface area contributed by atoms with Gasteiger partial charge in [0.05, 0.1) is 17.5 Å². The number of nitrogens with zero attached hydrogens (tertiary/aromatic N) is 1. The average Bonchev–Trinajstić information content (AvgIpc) is 3.06. The molecule has 7 atom stereocenters. The number of alkyl halides is 1. The molecule has 0 saturated heterocycles. The highest BCUT2D eigenvalue weighted by Crippen LogP contribution is 2.66. The number of aliphatic hydroxyl groups is 1. The van der Waals surface area contributed by atoms with E-state index in [-0.39, 0.29) is 22.1 Å². The molecule has 1 amide bonds. The summed E-state index contributed by atoms with van der Waals surface area (Å²) in [6, 6.07) is 0. The number of fused-ring (bicyclic) bond motifs is 5. The minimum absolute atomic E-state index is 0.0139. The Labute approximate surface area is 195 Å². The maximum Gasteiger partial charge on any atom is 0.233 e. The summed E-state index contributed by atoms with van der Waals surface area (Å²) < 4.78 is 5.19. The first-order valence-corrected chi connectivity index (χ1v) is 13.4. The zero-order valence-electron chi connectivity index (χ0n) is 19.5. The molecule has 1 N–H and O–H groups in total. The molecule has 0 aromatic carbocycles. The van der Waals surface area contributed by atoms with Crippen LogP contribution in [0.4, 0.5) is 0 Å². The summed E-state index contributed by atoms with van der Waals surface area (Å²) >= 11 is 3.29. The highest BCUT2D eigenvalue weighted by atomic mass is 79.9. The molecule has 176 valence electrons. The molecule has 31 heavy (non-hydrogen) atoms. The lowest BCUT2D eigenvalue weighted by Gasteiger charge is -2.61. The Morgan fingerprint density at radius 3 is 2.65 bits per heavy atom. The summed E-state index contributed by atoms with van der Waals surface area (Å²) in [6.07, 6.45) is 8.98. The minimum atomic E-state index is -0.810. The van der Waals surface area contributed by atoms with Gasteiger partial charge in [-0.1, -0.05) is 29.8 Å². The van der Waals surface area contributed by atoms with Crippen LogP contribution in [-0.2, 0) is 14.3 Å². The summed E-state index contributed by atoms with van der Waals surface area (Å²) in [5.74, 6) is 2.93. The van der Waals surface area contributed by atoms with Crippen molar-refractivity contribution >= 4 is 27.6 Å². The standard InChI is InChI=1S/C25H40BrNO4/c1-23-10-11-25(30,16-27(12-13-31-3)22(29)15-26)14-17(23)4-5-18-19-6-7-21(28)24(19,2)9-8-20(18)23/h17-20,30H,4-16H2,1-3H3/t17-,18-,19-,20-,23-,24-,25+/m0/s1. The zero-order chi connectivity index (χ0) is 22.4. The van der Waals surface area contributed by atoms with Crippen molar-refractivity contribution in [3.8, 4) is 0 Å². The van der Waals surface area contributed by atoms with Crippen LogP contribution in [0.1, 0.15) is 71.6 Å². The van der Waals surface area contributed by atoms with Crippen LogP contribution < -0.4 is 0 Å². The van der Waals surface area contributed by atoms with Gasteiger partial charge in [-0.05, 0) is 80.5 Å². The second kappa shape index (κ2) is 8.72. The summed E-state index contributed by atoms with van der Waals surface area (Å²) in [5, 5.41) is 11.8. The molecule has 0 aromatic heterocycles. The average molecular weight is 499 g/mol. The first-order chi connectivity index (χ1) is 14.7. The smallest absolute Gasteiger partial charge is 0.233 e. The minimum Gasteiger partial charge on any atom is -0.388 e. The van der Waals surface area contributed by atoms with Crippen LogP contribution in [0.3, 0.4) is 0 Å². The van der Waals surface area contributed by atoms with Gasteiger partial charge in [0.1, 0.15) is 5.78 Å². The lowest BCUT2D eigenvalue weighted by atomic mass is 9.44. The van der Waals surface area contributed by atoms with E-state index in [2.05, 4.69) is 29.8 Å². The van der Waals surface area contributed by atoms with Crippen LogP contribution in [0.5, 0.6) is 0 Å². The lowest BCUT2D eigenvalue weighted by molar-refractivity contribution is -0.160. The number of hydrogen-bond acceptors (Lipinski definition) is 4. The number of halogens is 1. The zero-order valence-corrected chi connectivity index (χ0v) is 21.1. The van der Waals surface area contributed by atoms with Gasteiger partial charge in [-0.25, -0.2) is 0 Å². The number of methoxy groups -OCH3 is 1. The van der Waals surface area contributed by atoms with Crippen molar-refractivity contribution < 1.29 is 19.4 Å². The monoisotopic (exact) mass is 497 g/mol. The van der Waals surface area contributed by atoms with Crippen molar-refractivity contribution in [1.29, 1.82) is 0 Å². The molecule has 0 unspecified atom stereocenters. The van der Waals surface area contributed by atoms with Gasteiger partial charge in [-0.15, -0.1) is 0 Å². The van der Waals surface area contributed by atoms with Gasteiger partial charge in [-0.2, -0.15) is 0 Å². The third-order valence-electron chi connectivity index (χ3n) is 10.0. The lowest BCUT2D eigenvalue weighted by Crippen LogP contribution is -2.58. The molecule has 0 bridgehead atoms. The number of carbonyl (C=O) groups excluding carboxylic acids is 2. The van der Waals surface area contributed by atoms with E-state index in [1.165, 1.54) is 6.42 Å². The predicted octanol–water partition coefficient (Wildman–Crippen LogP) is 4.20. The Hall–Kier alpha value is -0.460. The molecule has 0 aromatic rings. The number of Topliss-reactive ketones (excluding diaryl/α,β-unsaturated/α-hetero) is 1. The Kier molecular flexibility index (Phi) is 6.66. The number of carbonyl (C=O) groups is 2. The topological polar surface area (TPSA) is 66.8 Å². The van der Waals surface area contributed by atoms with Crippen LogP contribution >= 0.6 is 15.9 Å². The van der Waals surface area contributed by atoms with Gasteiger partial charge in [-0.3, -0.25) is 9.59 Å². The molecule has 6 heteroatoms. The fourth-order valence-corrected chi connectivity index (χ4v) is 8.52. The third-order valence-corrected chi connectivity index (χ3v) is 10.5. The van der Waals surface area contributed by atoms with Crippen molar-refractivity contribution in [3.63, 3.8) is 0 Å². The van der Waals surface area contributed by atoms with Crippen LogP contribution in [0, 0.1) is 34.5 Å². The molecule has 4 aliphatic rings. The molecule has 4 saturated carbocycles. The molecular weight excluding hydrogens is 458 g/mol. The fourth-order valence-electron chi connectivity index (χ4n) is 8.17. The molecule has 5 nitrogen and oxygen atoms in total. The molecule has 0 aliphatic heterocycles. The fraction of sp³-hybridized carbons (Fsp3) is 0.920. The van der Waals surface area contributed by atoms with Crippen LogP contribution in [0.25, 0.3) is 0 Å². The van der Waals surface area contributed by atoms with E-state index < -0.39 is 5.60 Å². The van der Waals surface area contributed by atoms with Crippen LogP contribution in [0.15, 0.2) is 0 Å². The van der Waals surface area contributed by atoms with Gasteiger partial charge in [0.2, 0.25) is 5.91 Å². The van der Waals surface area contributed by atoms with Gasteiger partial charge >= 0.3 is 0 Å². The van der Waals surface area contributed by atoms with E-state index >= 15 is 0 Å². The predicted molar refractivity (Wildman–Crippen MR) is 124 cm³/mol. The number of hydrogen-bond donors (Lipinski definition) is 1. The maximum atomic E-state index is 12.6. The number of rotatable bonds is 6. The SMILES string of the molecule is COCCN(C[C@@]1(O)CC[C@@]2(C)[C@@H](CC[C@@H]3[C@@H]2CC[C@]2(C)C(=O)CC[C@@H]32)C1)C(=O)CBr. The largest absolute Gasteiger partial charge is 0.388 e. The van der Waals surface area contributed by atoms with E-state index in [0.29, 0.717) is 49.2 Å². The van der Waals surface area contributed by atoms with E-state index in [1.807, 2.05) is 0 Å². The quantitative estimate of drug-likeness (QED) is 0.558. The van der Waals surface area contributed by atoms with Crippen molar-refractivity contribution in [2.75, 3.05) is 32.1 Å². The molecule has 4 aliphatic carbocycles. The molecular formula is C25H40BrNO4. The second-order valence-electron chi connectivity index (χ2n) is 11.4. The maximum absolute atomic E-state index is 12.6. The van der Waals surface area contributed by atoms with Crippen LogP contribution in [0.2, 0.25) is 0 Å². The van der Waals surface area contributed by atoms with Crippen LogP contribution in [-0.4, -0.2) is 59.4 Å². The molecule has 4 fully saturated rings. The summed E-state index contributed by atoms with van der Waals surface area (Å²) in [6.45, 7) is 6.12. The van der Waals surface area contributed by atoms with Crippen molar-refractivity contribution in [1.82, 2.24) is 4.90 Å². The summed E-state index contributed by atoms with van der Waals surface area (Å²) in [5.41, 5.74) is -0.633. The number of amides is 1. The molecule has 4 rings (SSSR count). The summed E-state index contributed by atoms with van der Waals surface area (Å²) in [7, 11) is 1.64. The van der Waals surface area contributed by atoms with Crippen molar-refractivity contribution in [2.24, 2.45) is 34.5 Å². The van der Waals surface area contributed by atoms with E-state index in [0.717, 1.165) is 51.4 Å². The highest BCUT2D eigenvalue weighted by Gasteiger charge is 2.61. The Bertz CT molecular complexity index is 716. The van der Waals surface area contributed by atoms with Gasteiger partial charge < -0.3 is 14.7 Å². The Morgan fingerprint density at radius 2 is 1.94 bits per heavy atom. The van der Waals surface area contributed by atoms with Crippen molar-refractivity contribution in [3.05, 3.63) is 0 Å². The number of ketones is 1. The van der Waals surface area contributed by atoms with Gasteiger partial charge in [0.25, 0.3) is 0 Å². The van der Waals surface area contributed by atoms with Crippen molar-refractivity contribution in [2.45, 2.75) is 77.2 Å². The van der Waals surface area contributed by atoms with E-state index in [9.17, 15) is 14.7 Å². The highest BCUT2D eigenvalue weighted by molar-refractivity contribution is 9.09. The van der Waals surface area contributed by atoms with E-state index in [1.54, 1.807) is 12.0 Å². The molecule has 0 radical (unpaired) electrons. The van der Waals surface area contributed by atoms with Gasteiger partial charge in [0.15, 0.2) is 0 Å². The Morgan fingerprint density at radius 1 is 1.16 bits per heavy atom. The Balaban J connectivity index is 1.48. The first kappa shape index (κ1) is 23.7. The summed E-state index contributed by atoms with van der Waals surface area (Å²) in [4.78, 5) is 26.8. The van der Waals surface area contributed by atoms with Gasteiger partial charge in [0, 0.05) is 32.0 Å². The first-order valence-electron chi connectivity index (χ1n) is 12.3. The number of ether oxygens (including phenoxy) is 1. The second-order valence-corrected chi connectivity index (χ2v) is 12.0.